The third-order valence-electron chi connectivity index (χ3n) is 4.30. The van der Waals surface area contributed by atoms with E-state index in [-0.39, 0.29) is 0 Å². The van der Waals surface area contributed by atoms with E-state index in [0.29, 0.717) is 6.04 Å². The average Bonchev–Trinajstić information content (AvgIpc) is 2.95. The Bertz CT molecular complexity index is 424. The first-order valence-electron chi connectivity index (χ1n) is 7.06. The summed E-state index contributed by atoms with van der Waals surface area (Å²) in [5.74, 6) is 0. The van der Waals surface area contributed by atoms with Crippen LogP contribution in [0.3, 0.4) is 0 Å². The number of nitrogen functional groups attached to an aromatic ring is 1. The molecule has 1 unspecified atom stereocenters. The van der Waals surface area contributed by atoms with Crippen LogP contribution in [0, 0.1) is 0 Å². The second kappa shape index (κ2) is 4.90. The molecule has 0 radical (unpaired) electrons. The summed E-state index contributed by atoms with van der Waals surface area (Å²) in [6.45, 7) is 8.27. The van der Waals surface area contributed by atoms with Crippen LogP contribution in [0.25, 0.3) is 0 Å². The lowest BCUT2D eigenvalue weighted by Gasteiger charge is -2.28. The van der Waals surface area contributed by atoms with Gasteiger partial charge in [0, 0.05) is 31.4 Å². The molecule has 0 bridgehead atoms. The zero-order valence-corrected chi connectivity index (χ0v) is 11.2. The molecule has 0 aliphatic carbocycles. The maximum absolute atomic E-state index is 5.85. The molecule has 0 saturated carbocycles. The van der Waals surface area contributed by atoms with Gasteiger partial charge in [-0.2, -0.15) is 0 Å². The molecule has 2 aliphatic heterocycles. The number of hydrogen-bond acceptors (Lipinski definition) is 3. The molecule has 1 saturated heterocycles. The Hall–Kier alpha value is -1.06. The summed E-state index contributed by atoms with van der Waals surface area (Å²) in [6.07, 6.45) is 2.75. The zero-order chi connectivity index (χ0) is 12.5. The van der Waals surface area contributed by atoms with Gasteiger partial charge in [-0.05, 0) is 56.1 Å². The first-order valence-corrected chi connectivity index (χ1v) is 7.06. The Balaban J connectivity index is 1.60. The van der Waals surface area contributed by atoms with E-state index in [9.17, 15) is 0 Å². The van der Waals surface area contributed by atoms with Crippen molar-refractivity contribution < 1.29 is 0 Å². The number of likely N-dealkylation sites (tertiary alicyclic amines) is 1. The molecule has 18 heavy (non-hydrogen) atoms. The maximum Gasteiger partial charge on any atom is 0.0317 e. The normalized spacial score (nSPS) is 22.3. The Labute approximate surface area is 110 Å². The van der Waals surface area contributed by atoms with E-state index in [4.69, 9.17) is 5.73 Å². The third-order valence-corrected chi connectivity index (χ3v) is 4.30. The summed E-state index contributed by atoms with van der Waals surface area (Å²) in [6, 6.07) is 7.02. The summed E-state index contributed by atoms with van der Waals surface area (Å²) in [7, 11) is 0. The van der Waals surface area contributed by atoms with Gasteiger partial charge in [-0.25, -0.2) is 0 Å². The molecule has 3 nitrogen and oxygen atoms in total. The maximum atomic E-state index is 5.85. The van der Waals surface area contributed by atoms with Crippen LogP contribution in [0.5, 0.6) is 0 Å². The van der Waals surface area contributed by atoms with E-state index in [0.717, 1.165) is 18.8 Å². The number of anilines is 1. The summed E-state index contributed by atoms with van der Waals surface area (Å²) in [4.78, 5) is 5.17. The molecular weight excluding hydrogens is 222 g/mol. The van der Waals surface area contributed by atoms with Gasteiger partial charge in [0.2, 0.25) is 0 Å². The fourth-order valence-electron chi connectivity index (χ4n) is 3.29. The van der Waals surface area contributed by atoms with Crippen LogP contribution in [0.1, 0.15) is 30.9 Å². The molecule has 3 rings (SSSR count). The summed E-state index contributed by atoms with van der Waals surface area (Å²) in [5.41, 5.74) is 9.62. The Morgan fingerprint density at radius 1 is 1.17 bits per heavy atom. The van der Waals surface area contributed by atoms with Crippen LogP contribution in [-0.2, 0) is 13.1 Å². The first kappa shape index (κ1) is 12.0. The molecule has 0 spiro atoms. The lowest BCUT2D eigenvalue weighted by Crippen LogP contribution is -2.39. The van der Waals surface area contributed by atoms with Crippen molar-refractivity contribution in [3.8, 4) is 0 Å². The molecule has 98 valence electrons. The van der Waals surface area contributed by atoms with Crippen LogP contribution >= 0.6 is 0 Å². The van der Waals surface area contributed by atoms with Gasteiger partial charge >= 0.3 is 0 Å². The molecule has 3 heteroatoms. The minimum absolute atomic E-state index is 0.680. The van der Waals surface area contributed by atoms with Crippen molar-refractivity contribution in [2.24, 2.45) is 0 Å². The van der Waals surface area contributed by atoms with Gasteiger partial charge in [-0.1, -0.05) is 6.07 Å². The number of nitrogens with two attached hydrogens (primary N) is 1. The van der Waals surface area contributed by atoms with Crippen molar-refractivity contribution in [1.82, 2.24) is 9.80 Å². The van der Waals surface area contributed by atoms with Crippen LogP contribution < -0.4 is 5.73 Å². The minimum Gasteiger partial charge on any atom is -0.399 e. The first-order chi connectivity index (χ1) is 8.72. The zero-order valence-electron chi connectivity index (χ0n) is 11.2. The van der Waals surface area contributed by atoms with Crippen LogP contribution in [0.4, 0.5) is 5.69 Å². The molecule has 0 amide bonds. The van der Waals surface area contributed by atoms with Gasteiger partial charge in [0.25, 0.3) is 0 Å². The molecule has 0 aromatic heterocycles. The van der Waals surface area contributed by atoms with Crippen molar-refractivity contribution in [2.75, 3.05) is 25.4 Å². The Morgan fingerprint density at radius 2 is 1.89 bits per heavy atom. The molecular formula is C15H23N3. The standard InChI is InChI=1S/C15H23N3/c1-12(18-6-2-3-7-18)9-17-10-13-4-5-15(16)8-14(13)11-17/h4-5,8,12H,2-3,6-7,9-11,16H2,1H3. The Morgan fingerprint density at radius 3 is 2.67 bits per heavy atom. The van der Waals surface area contributed by atoms with Gasteiger partial charge < -0.3 is 5.73 Å². The fraction of sp³-hybridized carbons (Fsp3) is 0.600. The fourth-order valence-corrected chi connectivity index (χ4v) is 3.29. The molecule has 2 heterocycles. The van der Waals surface area contributed by atoms with Gasteiger partial charge in [0.05, 0.1) is 0 Å². The van der Waals surface area contributed by atoms with Crippen molar-refractivity contribution in [3.63, 3.8) is 0 Å². The van der Waals surface area contributed by atoms with Gasteiger partial charge in [-0.3, -0.25) is 9.80 Å². The van der Waals surface area contributed by atoms with E-state index in [2.05, 4.69) is 28.9 Å². The van der Waals surface area contributed by atoms with Crippen molar-refractivity contribution in [2.45, 2.75) is 38.9 Å². The van der Waals surface area contributed by atoms with Crippen LogP contribution in [-0.4, -0.2) is 35.5 Å². The molecule has 1 aromatic carbocycles. The largest absolute Gasteiger partial charge is 0.399 e. The summed E-state index contributed by atoms with van der Waals surface area (Å²) < 4.78 is 0. The van der Waals surface area contributed by atoms with Crippen molar-refractivity contribution in [3.05, 3.63) is 29.3 Å². The van der Waals surface area contributed by atoms with Crippen molar-refractivity contribution >= 4 is 5.69 Å². The topological polar surface area (TPSA) is 32.5 Å². The van der Waals surface area contributed by atoms with E-state index in [1.165, 1.54) is 43.6 Å². The molecule has 2 N–H and O–H groups in total. The lowest BCUT2D eigenvalue weighted by molar-refractivity contribution is 0.172. The average molecular weight is 245 g/mol. The van der Waals surface area contributed by atoms with Gasteiger partial charge in [0.1, 0.15) is 0 Å². The molecule has 1 aromatic rings. The SMILES string of the molecule is CC(CN1Cc2ccc(N)cc2C1)N1CCCC1. The molecule has 1 atom stereocenters. The predicted molar refractivity (Wildman–Crippen MR) is 75.2 cm³/mol. The number of nitrogens with zero attached hydrogens (tertiary/aromatic N) is 2. The second-order valence-electron chi connectivity index (χ2n) is 5.79. The third kappa shape index (κ3) is 2.38. The number of rotatable bonds is 3. The van der Waals surface area contributed by atoms with Crippen LogP contribution in [0.2, 0.25) is 0 Å². The summed E-state index contributed by atoms with van der Waals surface area (Å²) in [5, 5.41) is 0. The number of benzene rings is 1. The van der Waals surface area contributed by atoms with Gasteiger partial charge in [-0.15, -0.1) is 0 Å². The highest BCUT2D eigenvalue weighted by Crippen LogP contribution is 2.25. The second-order valence-corrected chi connectivity index (χ2v) is 5.79. The van der Waals surface area contributed by atoms with E-state index < -0.39 is 0 Å². The smallest absolute Gasteiger partial charge is 0.0317 e. The molecule has 1 fully saturated rings. The molecule has 2 aliphatic rings. The number of fused-ring (bicyclic) bond motifs is 1. The van der Waals surface area contributed by atoms with Gasteiger partial charge in [0.15, 0.2) is 0 Å². The van der Waals surface area contributed by atoms with E-state index in [1.54, 1.807) is 0 Å². The predicted octanol–water partition coefficient (Wildman–Crippen LogP) is 2.07. The summed E-state index contributed by atoms with van der Waals surface area (Å²) >= 11 is 0. The van der Waals surface area contributed by atoms with Crippen LogP contribution in [0.15, 0.2) is 18.2 Å². The van der Waals surface area contributed by atoms with E-state index >= 15 is 0 Å². The Kier molecular flexibility index (Phi) is 3.27. The monoisotopic (exact) mass is 245 g/mol. The lowest BCUT2D eigenvalue weighted by atomic mass is 10.1. The van der Waals surface area contributed by atoms with E-state index in [1.807, 2.05) is 6.07 Å². The highest BCUT2D eigenvalue weighted by molar-refractivity contribution is 5.46. The highest BCUT2D eigenvalue weighted by Gasteiger charge is 2.24. The highest BCUT2D eigenvalue weighted by atomic mass is 15.2. The minimum atomic E-state index is 0.680. The number of hydrogen-bond donors (Lipinski definition) is 1. The quantitative estimate of drug-likeness (QED) is 0.827. The van der Waals surface area contributed by atoms with Crippen molar-refractivity contribution in [1.29, 1.82) is 0 Å².